The van der Waals surface area contributed by atoms with Gasteiger partial charge in [-0.15, -0.1) is 0 Å². The van der Waals surface area contributed by atoms with Crippen molar-refractivity contribution < 1.29 is 26.8 Å². The van der Waals surface area contributed by atoms with Gasteiger partial charge in [-0.3, -0.25) is 0 Å². The second-order valence-electron chi connectivity index (χ2n) is 5.29. The molecular weight excluding hydrogens is 363 g/mol. The summed E-state index contributed by atoms with van der Waals surface area (Å²) < 4.78 is 53.1. The summed E-state index contributed by atoms with van der Waals surface area (Å²) in [4.78, 5) is 4.09. The summed E-state index contributed by atoms with van der Waals surface area (Å²) in [5.41, 5.74) is 0.580. The van der Waals surface area contributed by atoms with Gasteiger partial charge in [-0.25, -0.2) is 12.8 Å². The molecule has 0 saturated carbocycles. The molecule has 0 spiro atoms. The molecule has 0 bridgehead atoms. The Morgan fingerprint density at radius 2 is 1.73 bits per heavy atom. The van der Waals surface area contributed by atoms with Crippen molar-refractivity contribution in [3.05, 3.63) is 54.2 Å². The van der Waals surface area contributed by atoms with Crippen LogP contribution in [0.15, 0.2) is 51.9 Å². The highest BCUT2D eigenvalue weighted by Gasteiger charge is 2.20. The summed E-state index contributed by atoms with van der Waals surface area (Å²) in [5, 5.41) is 3.80. The molecule has 0 fully saturated rings. The molecule has 0 amide bonds. The highest BCUT2D eigenvalue weighted by Crippen LogP contribution is 2.31. The molecule has 7 nitrogen and oxygen atoms in total. The average molecular weight is 378 g/mol. The highest BCUT2D eigenvalue weighted by molar-refractivity contribution is 7.90. The van der Waals surface area contributed by atoms with Crippen LogP contribution in [0, 0.1) is 5.82 Å². The van der Waals surface area contributed by atoms with Gasteiger partial charge in [-0.05, 0) is 42.5 Å². The molecule has 3 rings (SSSR count). The van der Waals surface area contributed by atoms with Gasteiger partial charge in [0.2, 0.25) is 11.7 Å². The Labute approximate surface area is 149 Å². The molecule has 136 valence electrons. The monoisotopic (exact) mass is 378 g/mol. The van der Waals surface area contributed by atoms with Crippen LogP contribution in [-0.2, 0) is 15.6 Å². The van der Waals surface area contributed by atoms with Crippen LogP contribution in [0.2, 0.25) is 0 Å². The summed E-state index contributed by atoms with van der Waals surface area (Å²) >= 11 is 0. The van der Waals surface area contributed by atoms with E-state index in [1.807, 2.05) is 0 Å². The van der Waals surface area contributed by atoms with Crippen LogP contribution in [0.1, 0.15) is 5.89 Å². The third kappa shape index (κ3) is 3.67. The Balaban J connectivity index is 1.85. The molecule has 0 aliphatic carbocycles. The lowest BCUT2D eigenvalue weighted by atomic mass is 10.2. The molecule has 0 saturated heterocycles. The van der Waals surface area contributed by atoms with Crippen LogP contribution >= 0.6 is 0 Å². The molecule has 9 heteroatoms. The first-order valence-electron chi connectivity index (χ1n) is 7.46. The van der Waals surface area contributed by atoms with Crippen molar-refractivity contribution in [2.75, 3.05) is 14.2 Å². The Kier molecular flexibility index (Phi) is 4.90. The van der Waals surface area contributed by atoms with Gasteiger partial charge in [-0.2, -0.15) is 4.98 Å². The zero-order valence-corrected chi connectivity index (χ0v) is 14.8. The number of sulfone groups is 1. The lowest BCUT2D eigenvalue weighted by Crippen LogP contribution is -2.05. The first-order valence-corrected chi connectivity index (χ1v) is 9.11. The fourth-order valence-electron chi connectivity index (χ4n) is 2.29. The largest absolute Gasteiger partial charge is 0.493 e. The van der Waals surface area contributed by atoms with Crippen molar-refractivity contribution in [3.8, 4) is 22.9 Å². The molecule has 0 atom stereocenters. The number of benzene rings is 2. The molecule has 0 N–H and O–H groups in total. The first-order chi connectivity index (χ1) is 12.4. The van der Waals surface area contributed by atoms with Gasteiger partial charge >= 0.3 is 0 Å². The van der Waals surface area contributed by atoms with Crippen molar-refractivity contribution in [2.24, 2.45) is 0 Å². The van der Waals surface area contributed by atoms with Crippen LogP contribution in [0.25, 0.3) is 11.4 Å². The maximum atomic E-state index is 13.0. The molecule has 1 heterocycles. The summed E-state index contributed by atoms with van der Waals surface area (Å²) in [6.07, 6.45) is 0. The van der Waals surface area contributed by atoms with Gasteiger partial charge in [0.25, 0.3) is 0 Å². The van der Waals surface area contributed by atoms with Crippen LogP contribution in [0.5, 0.6) is 11.5 Å². The van der Waals surface area contributed by atoms with Crippen molar-refractivity contribution in [2.45, 2.75) is 10.6 Å². The van der Waals surface area contributed by atoms with Crippen LogP contribution < -0.4 is 9.47 Å². The highest BCUT2D eigenvalue weighted by atomic mass is 32.2. The van der Waals surface area contributed by atoms with E-state index in [2.05, 4.69) is 10.1 Å². The second kappa shape index (κ2) is 7.12. The van der Waals surface area contributed by atoms with Crippen molar-refractivity contribution in [1.29, 1.82) is 0 Å². The van der Waals surface area contributed by atoms with E-state index in [0.717, 1.165) is 12.1 Å². The molecule has 26 heavy (non-hydrogen) atoms. The van der Waals surface area contributed by atoms with E-state index >= 15 is 0 Å². The number of ether oxygens (including phenoxy) is 2. The SMILES string of the molecule is COc1ccc(-c2noc(CS(=O)(=O)c3ccc(F)cc3)n2)cc1OC. The van der Waals surface area contributed by atoms with E-state index < -0.39 is 21.4 Å². The van der Waals surface area contributed by atoms with Crippen molar-refractivity contribution in [1.82, 2.24) is 10.1 Å². The van der Waals surface area contributed by atoms with E-state index in [-0.39, 0.29) is 16.6 Å². The van der Waals surface area contributed by atoms with Crippen LogP contribution in [0.3, 0.4) is 0 Å². The van der Waals surface area contributed by atoms with Crippen molar-refractivity contribution in [3.63, 3.8) is 0 Å². The topological polar surface area (TPSA) is 91.5 Å². The maximum absolute atomic E-state index is 13.0. The van der Waals surface area contributed by atoms with E-state index in [4.69, 9.17) is 14.0 Å². The zero-order chi connectivity index (χ0) is 18.7. The predicted molar refractivity (Wildman–Crippen MR) is 90.1 cm³/mol. The smallest absolute Gasteiger partial charge is 0.242 e. The average Bonchev–Trinajstić information content (AvgIpc) is 3.09. The summed E-state index contributed by atoms with van der Waals surface area (Å²) in [6, 6.07) is 9.57. The van der Waals surface area contributed by atoms with Crippen molar-refractivity contribution >= 4 is 9.84 Å². The summed E-state index contributed by atoms with van der Waals surface area (Å²) in [7, 11) is -0.713. The number of rotatable bonds is 6. The predicted octanol–water partition coefficient (Wildman–Crippen LogP) is 2.87. The van der Waals surface area contributed by atoms with Gasteiger partial charge in [0.1, 0.15) is 11.6 Å². The van der Waals surface area contributed by atoms with E-state index in [0.29, 0.717) is 17.1 Å². The minimum Gasteiger partial charge on any atom is -0.493 e. The molecule has 0 unspecified atom stereocenters. The maximum Gasteiger partial charge on any atom is 0.242 e. The number of methoxy groups -OCH3 is 2. The minimum absolute atomic E-state index is 0.0234. The lowest BCUT2D eigenvalue weighted by Gasteiger charge is -2.07. The number of hydrogen-bond donors (Lipinski definition) is 0. The van der Waals surface area contributed by atoms with Crippen LogP contribution in [-0.4, -0.2) is 32.8 Å². The van der Waals surface area contributed by atoms with Crippen LogP contribution in [0.4, 0.5) is 4.39 Å². The first kappa shape index (κ1) is 17.9. The Morgan fingerprint density at radius 3 is 2.38 bits per heavy atom. The molecule has 0 aliphatic heterocycles. The second-order valence-corrected chi connectivity index (χ2v) is 7.28. The summed E-state index contributed by atoms with van der Waals surface area (Å²) in [5.74, 6) is 0.167. The van der Waals surface area contributed by atoms with E-state index in [9.17, 15) is 12.8 Å². The number of aromatic nitrogens is 2. The Hall–Kier alpha value is -2.94. The quantitative estimate of drug-likeness (QED) is 0.609. The molecule has 0 radical (unpaired) electrons. The minimum atomic E-state index is -3.73. The zero-order valence-electron chi connectivity index (χ0n) is 14.0. The molecule has 0 aliphatic rings. The van der Waals surface area contributed by atoms with E-state index in [1.165, 1.54) is 26.4 Å². The van der Waals surface area contributed by atoms with Gasteiger partial charge in [0.15, 0.2) is 21.3 Å². The summed E-state index contributed by atoms with van der Waals surface area (Å²) in [6.45, 7) is 0. The third-order valence-electron chi connectivity index (χ3n) is 3.60. The third-order valence-corrected chi connectivity index (χ3v) is 5.21. The Morgan fingerprint density at radius 1 is 1.04 bits per heavy atom. The normalized spacial score (nSPS) is 11.3. The fraction of sp³-hybridized carbons (Fsp3) is 0.176. The molecule has 1 aromatic heterocycles. The Bertz CT molecular complexity index is 1020. The lowest BCUT2D eigenvalue weighted by molar-refractivity contribution is 0.355. The molecular formula is C17H15FN2O5S. The standard InChI is InChI=1S/C17H15FN2O5S/c1-23-14-8-3-11(9-15(14)24-2)17-19-16(25-20-17)10-26(21,22)13-6-4-12(18)5-7-13/h3-9H,10H2,1-2H3. The molecule has 3 aromatic rings. The van der Waals surface area contributed by atoms with Gasteiger partial charge in [0.05, 0.1) is 19.1 Å². The number of halogens is 1. The number of nitrogens with zero attached hydrogens (tertiary/aromatic N) is 2. The van der Waals surface area contributed by atoms with E-state index in [1.54, 1.807) is 18.2 Å². The van der Waals surface area contributed by atoms with Gasteiger partial charge < -0.3 is 14.0 Å². The number of hydrogen-bond acceptors (Lipinski definition) is 7. The molecule has 2 aromatic carbocycles. The fourth-order valence-corrected chi connectivity index (χ4v) is 3.45. The van der Waals surface area contributed by atoms with Gasteiger partial charge in [-0.1, -0.05) is 5.16 Å². The van der Waals surface area contributed by atoms with Gasteiger partial charge in [0, 0.05) is 5.56 Å².